The molecule has 5 nitrogen and oxygen atoms in total. The minimum atomic E-state index is -0.881. The maximum atomic E-state index is 12.3. The highest BCUT2D eigenvalue weighted by Crippen LogP contribution is 2.28. The second kappa shape index (κ2) is 8.71. The number of carbonyl (C=O) groups excluding carboxylic acids is 3. The molecule has 0 aliphatic heterocycles. The third kappa shape index (κ3) is 6.00. The van der Waals surface area contributed by atoms with Crippen LogP contribution in [0.3, 0.4) is 0 Å². The van der Waals surface area contributed by atoms with Gasteiger partial charge in [-0.15, -0.1) is 0 Å². The quantitative estimate of drug-likeness (QED) is 0.411. The zero-order valence-electron chi connectivity index (χ0n) is 13.9. The summed E-state index contributed by atoms with van der Waals surface area (Å²) in [6.45, 7) is 6.89. The Bertz CT molecular complexity index is 448. The van der Waals surface area contributed by atoms with E-state index in [4.69, 9.17) is 9.47 Å². The van der Waals surface area contributed by atoms with Gasteiger partial charge >= 0.3 is 11.9 Å². The molecule has 0 heterocycles. The first-order chi connectivity index (χ1) is 10.3. The molecule has 0 aromatic rings. The first-order valence-corrected chi connectivity index (χ1v) is 7.94. The number of esters is 2. The molecule has 0 N–H and O–H groups in total. The largest absolute Gasteiger partial charge is 0.463 e. The highest BCUT2D eigenvalue weighted by Gasteiger charge is 2.31. The van der Waals surface area contributed by atoms with Gasteiger partial charge in [-0.25, -0.2) is 4.79 Å². The topological polar surface area (TPSA) is 69.7 Å². The van der Waals surface area contributed by atoms with Gasteiger partial charge < -0.3 is 9.47 Å². The molecule has 0 radical (unpaired) electrons. The Morgan fingerprint density at radius 2 is 1.68 bits per heavy atom. The molecule has 124 valence electrons. The predicted molar refractivity (Wildman–Crippen MR) is 82.1 cm³/mol. The first-order valence-electron chi connectivity index (χ1n) is 7.94. The van der Waals surface area contributed by atoms with Crippen LogP contribution in [0.15, 0.2) is 11.6 Å². The van der Waals surface area contributed by atoms with Crippen LogP contribution in [0.2, 0.25) is 0 Å². The lowest BCUT2D eigenvalue weighted by molar-refractivity contribution is -0.159. The van der Waals surface area contributed by atoms with Crippen LogP contribution in [0.4, 0.5) is 0 Å². The van der Waals surface area contributed by atoms with Gasteiger partial charge in [0.15, 0.2) is 0 Å². The number of ketones is 1. The molecule has 0 aromatic carbocycles. The molecule has 22 heavy (non-hydrogen) atoms. The van der Waals surface area contributed by atoms with Crippen LogP contribution >= 0.6 is 0 Å². The van der Waals surface area contributed by atoms with Crippen molar-refractivity contribution in [3.63, 3.8) is 0 Å². The summed E-state index contributed by atoms with van der Waals surface area (Å²) in [7, 11) is 0. The van der Waals surface area contributed by atoms with Crippen molar-refractivity contribution in [1.82, 2.24) is 0 Å². The molecular formula is C17H26O5. The monoisotopic (exact) mass is 310 g/mol. The Morgan fingerprint density at radius 3 is 2.18 bits per heavy atom. The van der Waals surface area contributed by atoms with Crippen molar-refractivity contribution in [3.8, 4) is 0 Å². The van der Waals surface area contributed by atoms with Gasteiger partial charge in [0.1, 0.15) is 0 Å². The highest BCUT2D eigenvalue weighted by molar-refractivity contribution is 6.34. The lowest BCUT2D eigenvalue weighted by Gasteiger charge is -2.22. The summed E-state index contributed by atoms with van der Waals surface area (Å²) in [6.07, 6.45) is 4.94. The maximum absolute atomic E-state index is 12.3. The van der Waals surface area contributed by atoms with Crippen LogP contribution in [0.1, 0.15) is 59.8 Å². The Hall–Kier alpha value is -1.65. The van der Waals surface area contributed by atoms with Crippen molar-refractivity contribution in [2.75, 3.05) is 0 Å². The molecule has 0 amide bonds. The number of carbonyl (C=O) groups is 3. The van der Waals surface area contributed by atoms with Gasteiger partial charge in [0, 0.05) is 6.42 Å². The van der Waals surface area contributed by atoms with Crippen molar-refractivity contribution in [3.05, 3.63) is 11.6 Å². The van der Waals surface area contributed by atoms with Gasteiger partial charge in [0.2, 0.25) is 5.78 Å². The van der Waals surface area contributed by atoms with E-state index in [-0.39, 0.29) is 18.6 Å². The standard InChI is InChI=1S/C17H26O5/c1-11(2)21-16(19)14(13-8-6-5-7-9-13)10-15(18)17(20)22-12(3)4/h8,11-12,14H,5-7,9-10H2,1-4H3. The van der Waals surface area contributed by atoms with Gasteiger partial charge in [-0.3, -0.25) is 9.59 Å². The third-order valence-electron chi connectivity index (χ3n) is 3.37. The van der Waals surface area contributed by atoms with E-state index in [9.17, 15) is 14.4 Å². The number of hydrogen-bond acceptors (Lipinski definition) is 5. The molecule has 0 saturated heterocycles. The van der Waals surface area contributed by atoms with Crippen LogP contribution < -0.4 is 0 Å². The molecular weight excluding hydrogens is 284 g/mol. The van der Waals surface area contributed by atoms with Crippen molar-refractivity contribution in [2.45, 2.75) is 72.0 Å². The summed E-state index contributed by atoms with van der Waals surface area (Å²) in [4.78, 5) is 36.0. The number of hydrogen-bond donors (Lipinski definition) is 0. The molecule has 1 atom stereocenters. The number of ether oxygens (including phenoxy) is 2. The van der Waals surface area contributed by atoms with Gasteiger partial charge in [-0.05, 0) is 53.4 Å². The summed E-state index contributed by atoms with van der Waals surface area (Å²) < 4.78 is 10.1. The minimum Gasteiger partial charge on any atom is -0.463 e. The molecule has 1 aliphatic rings. The molecule has 0 bridgehead atoms. The number of allylic oxidation sites excluding steroid dienone is 1. The fraction of sp³-hybridized carbons (Fsp3) is 0.706. The maximum Gasteiger partial charge on any atom is 0.374 e. The van der Waals surface area contributed by atoms with E-state index < -0.39 is 23.6 Å². The zero-order chi connectivity index (χ0) is 16.7. The second-order valence-corrected chi connectivity index (χ2v) is 6.14. The average molecular weight is 310 g/mol. The molecule has 1 unspecified atom stereocenters. The summed E-state index contributed by atoms with van der Waals surface area (Å²) >= 11 is 0. The summed E-state index contributed by atoms with van der Waals surface area (Å²) in [5.41, 5.74) is 0.905. The Balaban J connectivity index is 2.81. The lowest BCUT2D eigenvalue weighted by atomic mass is 9.86. The fourth-order valence-corrected chi connectivity index (χ4v) is 2.41. The van der Waals surface area contributed by atoms with Crippen LogP contribution in [0, 0.1) is 5.92 Å². The normalized spacial score (nSPS) is 16.2. The van der Waals surface area contributed by atoms with E-state index in [0.29, 0.717) is 0 Å². The van der Waals surface area contributed by atoms with E-state index in [0.717, 1.165) is 31.3 Å². The van der Waals surface area contributed by atoms with Crippen molar-refractivity contribution >= 4 is 17.7 Å². The SMILES string of the molecule is CC(C)OC(=O)C(=O)CC(C(=O)OC(C)C)C1=CCCCC1. The van der Waals surface area contributed by atoms with E-state index in [1.807, 2.05) is 6.08 Å². The van der Waals surface area contributed by atoms with E-state index in [1.54, 1.807) is 27.7 Å². The van der Waals surface area contributed by atoms with E-state index in [2.05, 4.69) is 0 Å². The van der Waals surface area contributed by atoms with Crippen molar-refractivity contribution < 1.29 is 23.9 Å². The van der Waals surface area contributed by atoms with Gasteiger partial charge in [0.25, 0.3) is 0 Å². The van der Waals surface area contributed by atoms with Crippen LogP contribution in [-0.4, -0.2) is 29.9 Å². The molecule has 0 fully saturated rings. The Labute approximate surface area is 132 Å². The minimum absolute atomic E-state index is 0.178. The first kappa shape index (κ1) is 18.4. The third-order valence-corrected chi connectivity index (χ3v) is 3.37. The molecule has 1 rings (SSSR count). The zero-order valence-corrected chi connectivity index (χ0v) is 13.9. The molecule has 5 heteroatoms. The number of rotatable bonds is 7. The lowest BCUT2D eigenvalue weighted by Crippen LogP contribution is -2.30. The molecule has 0 spiro atoms. The summed E-state index contributed by atoms with van der Waals surface area (Å²) in [5, 5.41) is 0. The second-order valence-electron chi connectivity index (χ2n) is 6.14. The molecule has 0 saturated carbocycles. The Morgan fingerprint density at radius 1 is 1.05 bits per heavy atom. The summed E-state index contributed by atoms with van der Waals surface area (Å²) in [6, 6.07) is 0. The van der Waals surface area contributed by atoms with E-state index in [1.165, 1.54) is 0 Å². The van der Waals surface area contributed by atoms with Crippen molar-refractivity contribution in [2.24, 2.45) is 5.92 Å². The highest BCUT2D eigenvalue weighted by atomic mass is 16.5. The van der Waals surface area contributed by atoms with Crippen LogP contribution in [0.25, 0.3) is 0 Å². The van der Waals surface area contributed by atoms with Gasteiger partial charge in [0.05, 0.1) is 18.1 Å². The van der Waals surface area contributed by atoms with Gasteiger partial charge in [-0.2, -0.15) is 0 Å². The van der Waals surface area contributed by atoms with E-state index >= 15 is 0 Å². The van der Waals surface area contributed by atoms with Crippen LogP contribution in [0.5, 0.6) is 0 Å². The molecule has 1 aliphatic carbocycles. The number of Topliss-reactive ketones (excluding diaryl/α,β-unsaturated/α-hetero) is 1. The smallest absolute Gasteiger partial charge is 0.374 e. The average Bonchev–Trinajstić information content (AvgIpc) is 2.43. The Kier molecular flexibility index (Phi) is 7.28. The fourth-order valence-electron chi connectivity index (χ4n) is 2.41. The summed E-state index contributed by atoms with van der Waals surface area (Å²) in [5.74, 6) is -2.66. The molecule has 0 aromatic heterocycles. The van der Waals surface area contributed by atoms with Gasteiger partial charge in [-0.1, -0.05) is 11.6 Å². The predicted octanol–water partition coefficient (Wildman–Crippen LogP) is 2.97. The van der Waals surface area contributed by atoms with Crippen molar-refractivity contribution in [1.29, 1.82) is 0 Å². The van der Waals surface area contributed by atoms with Crippen LogP contribution in [-0.2, 0) is 23.9 Å².